The Morgan fingerprint density at radius 2 is 1.76 bits per heavy atom. The molecule has 0 spiro atoms. The fourth-order valence-corrected chi connectivity index (χ4v) is 4.16. The predicted molar refractivity (Wildman–Crippen MR) is 146 cm³/mol. The first-order chi connectivity index (χ1) is 17.9. The standard InChI is InChI=1S/C25H20Cl2N6O3S/c26-18-9-8-17(21(27)12-18)15-36-20-10-6-16(7-11-20)14-28-31-22(34)13-23-32-33-25(37-23)30-24(35)29-19-4-2-1-3-5-19/h1-12,14H,13,15H2,(H,31,34)(H2,29,30,33,35)/b28-14-. The number of rotatable bonds is 9. The largest absolute Gasteiger partial charge is 0.489 e. The zero-order valence-electron chi connectivity index (χ0n) is 19.2. The summed E-state index contributed by atoms with van der Waals surface area (Å²) < 4.78 is 5.75. The van der Waals surface area contributed by atoms with E-state index in [-0.39, 0.29) is 17.5 Å². The maximum absolute atomic E-state index is 12.2. The third kappa shape index (κ3) is 8.28. The van der Waals surface area contributed by atoms with E-state index in [0.717, 1.165) is 22.5 Å². The van der Waals surface area contributed by atoms with Crippen LogP contribution in [0.4, 0.5) is 15.6 Å². The Balaban J connectivity index is 1.20. The average molecular weight is 555 g/mol. The van der Waals surface area contributed by atoms with E-state index in [0.29, 0.717) is 33.1 Å². The first kappa shape index (κ1) is 26.1. The van der Waals surface area contributed by atoms with Crippen molar-refractivity contribution >= 4 is 63.5 Å². The topological polar surface area (TPSA) is 118 Å². The third-order valence-electron chi connectivity index (χ3n) is 4.72. The number of para-hydroxylation sites is 1. The molecule has 188 valence electrons. The van der Waals surface area contributed by atoms with Crippen molar-refractivity contribution in [3.05, 3.63) is 99.0 Å². The molecule has 1 aromatic heterocycles. The number of benzene rings is 3. The fourth-order valence-electron chi connectivity index (χ4n) is 2.96. The van der Waals surface area contributed by atoms with Crippen LogP contribution in [0.1, 0.15) is 16.1 Å². The van der Waals surface area contributed by atoms with Gasteiger partial charge in [0.1, 0.15) is 17.4 Å². The van der Waals surface area contributed by atoms with Crippen molar-refractivity contribution in [2.75, 3.05) is 10.6 Å². The fraction of sp³-hybridized carbons (Fsp3) is 0.0800. The molecular formula is C25H20Cl2N6O3S. The van der Waals surface area contributed by atoms with E-state index >= 15 is 0 Å². The molecule has 0 saturated heterocycles. The van der Waals surface area contributed by atoms with Crippen LogP contribution >= 0.6 is 34.5 Å². The Bertz CT molecular complexity index is 1400. The van der Waals surface area contributed by atoms with Gasteiger partial charge in [-0.1, -0.05) is 58.8 Å². The SMILES string of the molecule is O=C(Cc1nnc(NC(=O)Nc2ccccc2)s1)N/N=C\c1ccc(OCc2ccc(Cl)cc2Cl)cc1. The van der Waals surface area contributed by atoms with Crippen LogP contribution in [0.3, 0.4) is 0 Å². The van der Waals surface area contributed by atoms with Crippen LogP contribution in [0.2, 0.25) is 10.0 Å². The zero-order chi connectivity index (χ0) is 26.0. The first-order valence-electron chi connectivity index (χ1n) is 10.9. The quantitative estimate of drug-likeness (QED) is 0.179. The molecule has 3 N–H and O–H groups in total. The summed E-state index contributed by atoms with van der Waals surface area (Å²) in [5.41, 5.74) is 4.69. The van der Waals surface area contributed by atoms with Crippen LogP contribution in [-0.4, -0.2) is 28.4 Å². The highest BCUT2D eigenvalue weighted by atomic mass is 35.5. The minimum absolute atomic E-state index is 0.0307. The number of hydrogen-bond acceptors (Lipinski definition) is 7. The van der Waals surface area contributed by atoms with Crippen molar-refractivity contribution in [2.24, 2.45) is 5.10 Å². The van der Waals surface area contributed by atoms with E-state index < -0.39 is 6.03 Å². The van der Waals surface area contributed by atoms with Crippen LogP contribution in [-0.2, 0) is 17.8 Å². The van der Waals surface area contributed by atoms with Gasteiger partial charge in [0.2, 0.25) is 11.0 Å². The summed E-state index contributed by atoms with van der Waals surface area (Å²) in [6, 6.07) is 21.0. The molecule has 0 saturated carbocycles. The molecule has 0 radical (unpaired) electrons. The normalized spacial score (nSPS) is 10.8. The molecule has 3 aromatic carbocycles. The van der Waals surface area contributed by atoms with Gasteiger partial charge in [0.05, 0.1) is 12.6 Å². The number of aromatic nitrogens is 2. The maximum atomic E-state index is 12.2. The second-order valence-corrected chi connectivity index (χ2v) is 9.42. The van der Waals surface area contributed by atoms with Gasteiger partial charge in [0.25, 0.3) is 0 Å². The lowest BCUT2D eigenvalue weighted by Crippen LogP contribution is -2.19. The third-order valence-corrected chi connectivity index (χ3v) is 6.15. The molecule has 0 aliphatic rings. The number of carbonyl (C=O) groups is 2. The number of carbonyl (C=O) groups excluding carboxylic acids is 2. The first-order valence-corrected chi connectivity index (χ1v) is 12.5. The lowest BCUT2D eigenvalue weighted by atomic mass is 10.2. The van der Waals surface area contributed by atoms with Crippen LogP contribution in [0.15, 0.2) is 77.9 Å². The van der Waals surface area contributed by atoms with Gasteiger partial charge in [0, 0.05) is 21.3 Å². The van der Waals surface area contributed by atoms with Gasteiger partial charge in [-0.2, -0.15) is 5.10 Å². The highest BCUT2D eigenvalue weighted by molar-refractivity contribution is 7.15. The van der Waals surface area contributed by atoms with Crippen molar-refractivity contribution in [3.8, 4) is 5.75 Å². The van der Waals surface area contributed by atoms with E-state index in [2.05, 4.69) is 31.4 Å². The number of anilines is 2. The van der Waals surface area contributed by atoms with Crippen LogP contribution in [0.5, 0.6) is 5.75 Å². The molecule has 0 atom stereocenters. The monoisotopic (exact) mass is 554 g/mol. The number of amides is 3. The summed E-state index contributed by atoms with van der Waals surface area (Å²) in [4.78, 5) is 24.2. The second-order valence-electron chi connectivity index (χ2n) is 7.51. The predicted octanol–water partition coefficient (Wildman–Crippen LogP) is 5.76. The Hall–Kier alpha value is -3.99. The van der Waals surface area contributed by atoms with Gasteiger partial charge >= 0.3 is 6.03 Å². The zero-order valence-corrected chi connectivity index (χ0v) is 21.5. The summed E-state index contributed by atoms with van der Waals surface area (Å²) in [5.74, 6) is 0.290. The van der Waals surface area contributed by atoms with Crippen molar-refractivity contribution < 1.29 is 14.3 Å². The van der Waals surface area contributed by atoms with E-state index in [1.54, 1.807) is 48.5 Å². The Kier molecular flexibility index (Phi) is 9.03. The lowest BCUT2D eigenvalue weighted by molar-refractivity contribution is -0.120. The van der Waals surface area contributed by atoms with Gasteiger partial charge < -0.3 is 10.1 Å². The number of hydrogen-bond donors (Lipinski definition) is 3. The molecule has 37 heavy (non-hydrogen) atoms. The van der Waals surface area contributed by atoms with Gasteiger partial charge in [-0.05, 0) is 54.1 Å². The van der Waals surface area contributed by atoms with Crippen molar-refractivity contribution in [2.45, 2.75) is 13.0 Å². The molecule has 4 aromatic rings. The highest BCUT2D eigenvalue weighted by Gasteiger charge is 2.11. The molecule has 12 heteroatoms. The molecule has 0 aliphatic carbocycles. The summed E-state index contributed by atoms with van der Waals surface area (Å²) in [7, 11) is 0. The minimum Gasteiger partial charge on any atom is -0.489 e. The molecule has 4 rings (SSSR count). The molecular weight excluding hydrogens is 535 g/mol. The molecule has 0 fully saturated rings. The summed E-state index contributed by atoms with van der Waals surface area (Å²) >= 11 is 13.2. The average Bonchev–Trinajstić information content (AvgIpc) is 3.31. The number of halogens is 2. The maximum Gasteiger partial charge on any atom is 0.325 e. The van der Waals surface area contributed by atoms with Gasteiger partial charge in [-0.3, -0.25) is 10.1 Å². The van der Waals surface area contributed by atoms with E-state index in [1.165, 1.54) is 6.21 Å². The van der Waals surface area contributed by atoms with Gasteiger partial charge in [0.15, 0.2) is 0 Å². The number of nitrogens with one attached hydrogen (secondary N) is 3. The molecule has 0 unspecified atom stereocenters. The van der Waals surface area contributed by atoms with Crippen molar-refractivity contribution in [1.29, 1.82) is 0 Å². The Morgan fingerprint density at radius 1 is 0.973 bits per heavy atom. The van der Waals surface area contributed by atoms with Crippen molar-refractivity contribution in [1.82, 2.24) is 15.6 Å². The van der Waals surface area contributed by atoms with Crippen LogP contribution in [0, 0.1) is 0 Å². The molecule has 1 heterocycles. The van der Waals surface area contributed by atoms with Crippen LogP contribution in [0.25, 0.3) is 0 Å². The minimum atomic E-state index is -0.451. The molecule has 3 amide bonds. The van der Waals surface area contributed by atoms with Crippen LogP contribution < -0.4 is 20.8 Å². The molecule has 0 bridgehead atoms. The Morgan fingerprint density at radius 3 is 2.51 bits per heavy atom. The molecule has 0 aliphatic heterocycles. The molecule has 9 nitrogen and oxygen atoms in total. The number of urea groups is 1. The van der Waals surface area contributed by atoms with Gasteiger partial charge in [-0.15, -0.1) is 10.2 Å². The van der Waals surface area contributed by atoms with E-state index in [4.69, 9.17) is 27.9 Å². The highest BCUT2D eigenvalue weighted by Crippen LogP contribution is 2.23. The Labute approximate surface area is 226 Å². The number of hydrazone groups is 1. The second kappa shape index (κ2) is 12.8. The van der Waals surface area contributed by atoms with E-state index in [1.807, 2.05) is 24.3 Å². The summed E-state index contributed by atoms with van der Waals surface area (Å²) in [6.45, 7) is 0.306. The number of nitrogens with zero attached hydrogens (tertiary/aromatic N) is 3. The van der Waals surface area contributed by atoms with Crippen molar-refractivity contribution in [3.63, 3.8) is 0 Å². The smallest absolute Gasteiger partial charge is 0.325 e. The number of ether oxygens (including phenoxy) is 1. The lowest BCUT2D eigenvalue weighted by Gasteiger charge is -2.08. The van der Waals surface area contributed by atoms with Gasteiger partial charge in [-0.25, -0.2) is 10.2 Å². The summed E-state index contributed by atoms with van der Waals surface area (Å²) in [5, 5.41) is 18.9. The summed E-state index contributed by atoms with van der Waals surface area (Å²) in [6.07, 6.45) is 1.48. The van der Waals surface area contributed by atoms with E-state index in [9.17, 15) is 9.59 Å².